The summed E-state index contributed by atoms with van der Waals surface area (Å²) in [5.41, 5.74) is 2.96. The van der Waals surface area contributed by atoms with E-state index in [1.54, 1.807) is 10.4 Å². The summed E-state index contributed by atoms with van der Waals surface area (Å²) < 4.78 is 28.0. The van der Waals surface area contributed by atoms with E-state index in [4.69, 9.17) is 0 Å². The number of amides is 1. The second-order valence-electron chi connectivity index (χ2n) is 7.26. The van der Waals surface area contributed by atoms with Gasteiger partial charge in [-0.25, -0.2) is 8.78 Å². The molecule has 2 unspecified atom stereocenters. The van der Waals surface area contributed by atoms with Gasteiger partial charge in [0.05, 0.1) is 23.6 Å². The number of hydrogen-bond acceptors (Lipinski definition) is 4. The first-order valence-electron chi connectivity index (χ1n) is 9.40. The molecular formula is C22H19F2N3O2S. The predicted molar refractivity (Wildman–Crippen MR) is 116 cm³/mol. The van der Waals surface area contributed by atoms with Crippen LogP contribution in [0.3, 0.4) is 0 Å². The Balaban J connectivity index is 1.82. The number of pyridine rings is 1. The largest absolute Gasteiger partial charge is 0.319 e. The molecule has 2 heterocycles. The maximum absolute atomic E-state index is 14.3. The third-order valence-electron chi connectivity index (χ3n) is 5.09. The molecule has 154 valence electrons. The second kappa shape index (κ2) is 8.02. The Morgan fingerprint density at radius 1 is 1.23 bits per heavy atom. The summed E-state index contributed by atoms with van der Waals surface area (Å²) in [5.74, 6) is -2.32. The Morgan fingerprint density at radius 2 is 2.03 bits per heavy atom. The van der Waals surface area contributed by atoms with Crippen molar-refractivity contribution >= 4 is 39.8 Å². The normalized spacial score (nSPS) is 18.1. The number of halogens is 2. The summed E-state index contributed by atoms with van der Waals surface area (Å²) in [6, 6.07) is 11.0. The van der Waals surface area contributed by atoms with Gasteiger partial charge < -0.3 is 9.88 Å². The van der Waals surface area contributed by atoms with E-state index in [-0.39, 0.29) is 24.0 Å². The lowest BCUT2D eigenvalue weighted by atomic mass is 10.1. The molecule has 3 aromatic rings. The Kier molecular flexibility index (Phi) is 5.42. The molecule has 1 amide bonds. The van der Waals surface area contributed by atoms with E-state index in [1.807, 2.05) is 38.1 Å². The van der Waals surface area contributed by atoms with Crippen molar-refractivity contribution in [1.82, 2.24) is 4.98 Å². The molecule has 0 aliphatic carbocycles. The van der Waals surface area contributed by atoms with Gasteiger partial charge in [0, 0.05) is 17.1 Å². The van der Waals surface area contributed by atoms with Crippen LogP contribution in [0.2, 0.25) is 0 Å². The molecule has 0 saturated heterocycles. The number of aliphatic imine (C=N–C) groups is 1. The maximum Gasteiger partial charge on any atom is 0.248 e. The van der Waals surface area contributed by atoms with Crippen LogP contribution in [0.25, 0.3) is 10.9 Å². The van der Waals surface area contributed by atoms with Crippen molar-refractivity contribution in [2.24, 2.45) is 4.99 Å². The van der Waals surface area contributed by atoms with Crippen LogP contribution < -0.4 is 10.5 Å². The van der Waals surface area contributed by atoms with Crippen molar-refractivity contribution in [2.75, 3.05) is 4.90 Å². The molecule has 30 heavy (non-hydrogen) atoms. The Bertz CT molecular complexity index is 1220. The molecule has 0 radical (unpaired) electrons. The Hall–Kier alpha value is -3.00. The van der Waals surface area contributed by atoms with Crippen molar-refractivity contribution in [3.63, 3.8) is 0 Å². The van der Waals surface area contributed by atoms with Gasteiger partial charge >= 0.3 is 0 Å². The number of aromatic amines is 1. The number of nitrogens with one attached hydrogen (secondary N) is 1. The first kappa shape index (κ1) is 20.3. The van der Waals surface area contributed by atoms with Gasteiger partial charge in [0.1, 0.15) is 5.25 Å². The summed E-state index contributed by atoms with van der Waals surface area (Å²) in [6.07, 6.45) is 0. The van der Waals surface area contributed by atoms with Gasteiger partial charge in [-0.15, -0.1) is 0 Å². The average molecular weight is 427 g/mol. The monoisotopic (exact) mass is 427 g/mol. The molecule has 1 aliphatic rings. The number of thioether (sulfide) groups is 1. The number of carbonyl (C=O) groups is 1. The lowest BCUT2D eigenvalue weighted by molar-refractivity contribution is -0.118. The molecular weight excluding hydrogens is 408 g/mol. The maximum atomic E-state index is 14.3. The number of hydrogen-bond donors (Lipinski definition) is 1. The van der Waals surface area contributed by atoms with E-state index in [0.717, 1.165) is 11.6 Å². The van der Waals surface area contributed by atoms with Crippen molar-refractivity contribution < 1.29 is 13.6 Å². The van der Waals surface area contributed by atoms with Crippen molar-refractivity contribution in [2.45, 2.75) is 31.7 Å². The second-order valence-corrected chi connectivity index (χ2v) is 8.25. The van der Waals surface area contributed by atoms with Gasteiger partial charge in [-0.05, 0) is 49.2 Å². The van der Waals surface area contributed by atoms with E-state index in [0.29, 0.717) is 16.6 Å². The summed E-state index contributed by atoms with van der Waals surface area (Å²) >= 11 is 1.35. The van der Waals surface area contributed by atoms with Gasteiger partial charge in [0.15, 0.2) is 11.6 Å². The van der Waals surface area contributed by atoms with Crippen LogP contribution in [0.15, 0.2) is 52.3 Å². The number of benzene rings is 2. The molecule has 0 bridgehead atoms. The predicted octanol–water partition coefficient (Wildman–Crippen LogP) is 4.18. The third kappa shape index (κ3) is 3.75. The Labute approximate surface area is 175 Å². The number of carbonyl (C=O) groups excluding carboxylic acids is 1. The van der Waals surface area contributed by atoms with Crippen LogP contribution in [-0.4, -0.2) is 27.7 Å². The molecule has 2 atom stereocenters. The third-order valence-corrected chi connectivity index (χ3v) is 6.22. The van der Waals surface area contributed by atoms with E-state index >= 15 is 0 Å². The first-order valence-corrected chi connectivity index (χ1v) is 10.3. The van der Waals surface area contributed by atoms with Crippen molar-refractivity contribution in [1.29, 1.82) is 0 Å². The zero-order valence-electron chi connectivity index (χ0n) is 16.4. The van der Waals surface area contributed by atoms with Crippen LogP contribution in [0, 0.1) is 18.6 Å². The average Bonchev–Trinajstić information content (AvgIpc) is 3.14. The minimum absolute atomic E-state index is 0.0392. The summed E-state index contributed by atoms with van der Waals surface area (Å²) in [4.78, 5) is 33.8. The zero-order chi connectivity index (χ0) is 21.4. The van der Waals surface area contributed by atoms with E-state index in [9.17, 15) is 18.4 Å². The fourth-order valence-corrected chi connectivity index (χ4v) is 4.47. The highest BCUT2D eigenvalue weighted by Gasteiger charge is 2.33. The highest BCUT2D eigenvalue weighted by atomic mass is 32.2. The molecule has 8 heteroatoms. The lowest BCUT2D eigenvalue weighted by Gasteiger charge is -2.27. The quantitative estimate of drug-likeness (QED) is 0.679. The smallest absolute Gasteiger partial charge is 0.248 e. The van der Waals surface area contributed by atoms with Crippen LogP contribution in [0.4, 0.5) is 14.5 Å². The van der Waals surface area contributed by atoms with Crippen LogP contribution in [0.1, 0.15) is 18.1 Å². The van der Waals surface area contributed by atoms with Gasteiger partial charge in [-0.3, -0.25) is 14.6 Å². The molecule has 1 aromatic heterocycles. The first-order chi connectivity index (χ1) is 14.3. The fourth-order valence-electron chi connectivity index (χ4n) is 3.54. The van der Waals surface area contributed by atoms with Crippen LogP contribution >= 0.6 is 11.8 Å². The number of aryl methyl sites for hydroxylation is 1. The minimum Gasteiger partial charge on any atom is -0.319 e. The molecule has 0 fully saturated rings. The zero-order valence-corrected chi connectivity index (χ0v) is 17.2. The molecule has 1 N–H and O–H groups in total. The lowest BCUT2D eigenvalue weighted by Crippen LogP contribution is -2.40. The van der Waals surface area contributed by atoms with Crippen LogP contribution in [-0.2, 0) is 11.3 Å². The topological polar surface area (TPSA) is 65.5 Å². The molecule has 0 spiro atoms. The van der Waals surface area contributed by atoms with E-state index < -0.39 is 22.4 Å². The van der Waals surface area contributed by atoms with Gasteiger partial charge in [-0.1, -0.05) is 23.9 Å². The number of fused-ring (bicyclic) bond motifs is 1. The highest BCUT2D eigenvalue weighted by molar-refractivity contribution is 8.13. The Morgan fingerprint density at radius 3 is 2.73 bits per heavy atom. The standard InChI is InChI=1S/C22H19F2N3O2S/c1-12-4-3-5-15(8-12)27(22(29)21-13(2)25-11-30-21)10-14-9-18(28)26-20-16(14)6-7-17(23)19(20)24/h3-9,11,13,21H,10H2,1-2H3,(H,26,28). The molecule has 2 aromatic carbocycles. The highest BCUT2D eigenvalue weighted by Crippen LogP contribution is 2.29. The number of anilines is 1. The number of H-pyrrole nitrogens is 1. The summed E-state index contributed by atoms with van der Waals surface area (Å²) in [5, 5.41) is -0.0460. The number of nitrogens with zero attached hydrogens (tertiary/aromatic N) is 2. The summed E-state index contributed by atoms with van der Waals surface area (Å²) in [7, 11) is 0. The number of rotatable bonds is 4. The molecule has 0 saturated carbocycles. The van der Waals surface area contributed by atoms with Gasteiger partial charge in [-0.2, -0.15) is 0 Å². The number of aromatic nitrogens is 1. The molecule has 5 nitrogen and oxygen atoms in total. The van der Waals surface area contributed by atoms with Gasteiger partial charge in [0.25, 0.3) is 0 Å². The SMILES string of the molecule is Cc1cccc(N(Cc2cc(=O)[nH]c3c(F)c(F)ccc23)C(=O)C2SC=NC2C)c1. The minimum atomic E-state index is -1.12. The van der Waals surface area contributed by atoms with Gasteiger partial charge in [0.2, 0.25) is 11.5 Å². The van der Waals surface area contributed by atoms with E-state index in [1.165, 1.54) is 23.9 Å². The van der Waals surface area contributed by atoms with Crippen molar-refractivity contribution in [3.05, 3.63) is 75.6 Å². The van der Waals surface area contributed by atoms with Crippen molar-refractivity contribution in [3.8, 4) is 0 Å². The molecule has 1 aliphatic heterocycles. The fraction of sp³-hybridized carbons (Fsp3) is 0.227. The van der Waals surface area contributed by atoms with Crippen LogP contribution in [0.5, 0.6) is 0 Å². The summed E-state index contributed by atoms with van der Waals surface area (Å²) in [6.45, 7) is 3.83. The van der Waals surface area contributed by atoms with E-state index in [2.05, 4.69) is 9.98 Å². The molecule has 4 rings (SSSR count).